The first-order valence-corrected chi connectivity index (χ1v) is 9.95. The molecule has 8 heteroatoms. The number of sulfonamides is 1. The Balaban J connectivity index is 1.90. The maximum Gasteiger partial charge on any atom is 0.242 e. The molecule has 2 aromatic rings. The molecule has 2 heterocycles. The number of rotatable bonds is 4. The van der Waals surface area contributed by atoms with Crippen LogP contribution in [0.2, 0.25) is 0 Å². The van der Waals surface area contributed by atoms with Gasteiger partial charge in [-0.25, -0.2) is 12.7 Å². The number of nitriles is 1. The molecule has 0 N–H and O–H groups in total. The highest BCUT2D eigenvalue weighted by Crippen LogP contribution is 2.31. The lowest BCUT2D eigenvalue weighted by Gasteiger charge is -2.29. The molecule has 1 aromatic carbocycles. The fraction of sp³-hybridized carbons (Fsp3) is 0.444. The molecule has 1 fully saturated rings. The van der Waals surface area contributed by atoms with E-state index in [0.717, 1.165) is 30.2 Å². The van der Waals surface area contributed by atoms with Crippen molar-refractivity contribution in [2.75, 3.05) is 32.1 Å². The Hall–Kier alpha value is -2.37. The zero-order valence-electron chi connectivity index (χ0n) is 15.1. The Labute approximate surface area is 153 Å². The van der Waals surface area contributed by atoms with Gasteiger partial charge in [-0.05, 0) is 43.0 Å². The first-order valence-electron chi connectivity index (χ1n) is 8.51. The van der Waals surface area contributed by atoms with Crippen LogP contribution in [-0.2, 0) is 10.0 Å². The first kappa shape index (κ1) is 18.4. The summed E-state index contributed by atoms with van der Waals surface area (Å²) in [6, 6.07) is 8.42. The van der Waals surface area contributed by atoms with Gasteiger partial charge in [0.05, 0.1) is 4.90 Å². The first-order chi connectivity index (χ1) is 12.3. The van der Waals surface area contributed by atoms with Gasteiger partial charge in [0.25, 0.3) is 0 Å². The van der Waals surface area contributed by atoms with Gasteiger partial charge in [0, 0.05) is 32.7 Å². The van der Waals surface area contributed by atoms with Gasteiger partial charge in [-0.3, -0.25) is 0 Å². The van der Waals surface area contributed by atoms with Crippen LogP contribution in [0.3, 0.4) is 0 Å². The van der Waals surface area contributed by atoms with Gasteiger partial charge in [0.1, 0.15) is 6.07 Å². The molecule has 1 aromatic heterocycles. The van der Waals surface area contributed by atoms with Crippen LogP contribution in [0.15, 0.2) is 33.6 Å². The van der Waals surface area contributed by atoms with Crippen LogP contribution in [0, 0.1) is 17.2 Å². The maximum absolute atomic E-state index is 12.2. The molecule has 3 rings (SSSR count). The lowest BCUT2D eigenvalue weighted by atomic mass is 9.99. The summed E-state index contributed by atoms with van der Waals surface area (Å²) in [5.74, 6) is 1.49. The largest absolute Gasteiger partial charge is 0.419 e. The molecule has 0 atom stereocenters. The van der Waals surface area contributed by atoms with Crippen molar-refractivity contribution in [3.8, 4) is 17.5 Å². The Morgan fingerprint density at radius 2 is 1.85 bits per heavy atom. The van der Waals surface area contributed by atoms with E-state index in [1.807, 2.05) is 0 Å². The lowest BCUT2D eigenvalue weighted by molar-refractivity contribution is 0.418. The summed E-state index contributed by atoms with van der Waals surface area (Å²) in [4.78, 5) is 6.54. The standard InChI is InChI=1S/C18H22N4O3S/c1-13-8-10-22(11-9-13)18-16(12-19)20-17(25-18)14-4-6-15(7-5-14)26(23,24)21(2)3/h4-7,13H,8-11H2,1-3H3. The van der Waals surface area contributed by atoms with Crippen LogP contribution in [0.4, 0.5) is 5.88 Å². The van der Waals surface area contributed by atoms with E-state index in [2.05, 4.69) is 22.9 Å². The van der Waals surface area contributed by atoms with Crippen molar-refractivity contribution in [3.63, 3.8) is 0 Å². The van der Waals surface area contributed by atoms with Crippen LogP contribution in [0.5, 0.6) is 0 Å². The highest BCUT2D eigenvalue weighted by atomic mass is 32.2. The van der Waals surface area contributed by atoms with E-state index in [-0.39, 0.29) is 10.6 Å². The van der Waals surface area contributed by atoms with E-state index in [1.165, 1.54) is 26.2 Å². The molecule has 0 bridgehead atoms. The van der Waals surface area contributed by atoms with Gasteiger partial charge in [0.15, 0.2) is 0 Å². The number of hydrogen-bond donors (Lipinski definition) is 0. The average molecular weight is 374 g/mol. The van der Waals surface area contributed by atoms with Gasteiger partial charge in [0.2, 0.25) is 27.5 Å². The number of nitrogens with zero attached hydrogens (tertiary/aromatic N) is 4. The lowest BCUT2D eigenvalue weighted by Crippen LogP contribution is -2.32. The quantitative estimate of drug-likeness (QED) is 0.817. The summed E-state index contributed by atoms with van der Waals surface area (Å²) in [5, 5.41) is 9.39. The number of oxazole rings is 1. The SMILES string of the molecule is CC1CCN(c2oc(-c3ccc(S(=O)(=O)N(C)C)cc3)nc2C#N)CC1. The fourth-order valence-electron chi connectivity index (χ4n) is 2.91. The second kappa shape index (κ2) is 7.09. The van der Waals surface area contributed by atoms with Crippen LogP contribution >= 0.6 is 0 Å². The van der Waals surface area contributed by atoms with Crippen molar-refractivity contribution in [2.24, 2.45) is 5.92 Å². The topological polar surface area (TPSA) is 90.4 Å². The smallest absolute Gasteiger partial charge is 0.242 e. The summed E-state index contributed by atoms with van der Waals surface area (Å²) >= 11 is 0. The number of anilines is 1. The molecule has 0 spiro atoms. The van der Waals surface area contributed by atoms with E-state index in [9.17, 15) is 13.7 Å². The van der Waals surface area contributed by atoms with E-state index in [4.69, 9.17) is 4.42 Å². The van der Waals surface area contributed by atoms with Gasteiger partial charge < -0.3 is 9.32 Å². The normalized spacial score (nSPS) is 16.0. The van der Waals surface area contributed by atoms with Crippen LogP contribution in [-0.4, -0.2) is 44.9 Å². The summed E-state index contributed by atoms with van der Waals surface area (Å²) in [5.41, 5.74) is 0.898. The third-order valence-corrected chi connectivity index (χ3v) is 6.50. The van der Waals surface area contributed by atoms with Crippen molar-refractivity contribution < 1.29 is 12.8 Å². The average Bonchev–Trinajstić information content (AvgIpc) is 3.06. The van der Waals surface area contributed by atoms with Crippen LogP contribution in [0.1, 0.15) is 25.5 Å². The zero-order chi connectivity index (χ0) is 18.9. The van der Waals surface area contributed by atoms with Gasteiger partial charge in [-0.1, -0.05) is 6.92 Å². The highest BCUT2D eigenvalue weighted by molar-refractivity contribution is 7.89. The molecular weight excluding hydrogens is 352 g/mol. The molecule has 7 nitrogen and oxygen atoms in total. The zero-order valence-corrected chi connectivity index (χ0v) is 16.0. The molecular formula is C18H22N4O3S. The molecule has 0 radical (unpaired) electrons. The Kier molecular flexibility index (Phi) is 5.03. The monoisotopic (exact) mass is 374 g/mol. The van der Waals surface area contributed by atoms with Crippen LogP contribution < -0.4 is 4.90 Å². The minimum atomic E-state index is -3.48. The Morgan fingerprint density at radius 1 is 1.23 bits per heavy atom. The Bertz CT molecular complexity index is 918. The molecule has 1 saturated heterocycles. The summed E-state index contributed by atoms with van der Waals surface area (Å²) in [6.07, 6.45) is 2.11. The molecule has 0 unspecified atom stereocenters. The maximum atomic E-state index is 12.2. The molecule has 1 aliphatic heterocycles. The summed E-state index contributed by atoms with van der Waals surface area (Å²) < 4.78 is 31.3. The molecule has 0 amide bonds. The predicted octanol–water partition coefficient (Wildman–Crippen LogP) is 2.70. The van der Waals surface area contributed by atoms with Crippen LogP contribution in [0.25, 0.3) is 11.5 Å². The van der Waals surface area contributed by atoms with Gasteiger partial charge in [-0.2, -0.15) is 10.2 Å². The van der Waals surface area contributed by atoms with E-state index < -0.39 is 10.0 Å². The molecule has 0 saturated carbocycles. The predicted molar refractivity (Wildman–Crippen MR) is 98.1 cm³/mol. The number of piperidine rings is 1. The third-order valence-electron chi connectivity index (χ3n) is 4.67. The molecule has 26 heavy (non-hydrogen) atoms. The molecule has 1 aliphatic rings. The molecule has 0 aliphatic carbocycles. The van der Waals surface area contributed by atoms with Gasteiger partial charge in [-0.15, -0.1) is 0 Å². The van der Waals surface area contributed by atoms with Crippen molar-refractivity contribution in [3.05, 3.63) is 30.0 Å². The second-order valence-corrected chi connectivity index (χ2v) is 8.92. The van der Waals surface area contributed by atoms with Gasteiger partial charge >= 0.3 is 0 Å². The summed E-state index contributed by atoms with van der Waals surface area (Å²) in [6.45, 7) is 3.90. The molecule has 138 valence electrons. The second-order valence-electron chi connectivity index (χ2n) is 6.77. The van der Waals surface area contributed by atoms with E-state index in [1.54, 1.807) is 12.1 Å². The third kappa shape index (κ3) is 3.45. The van der Waals surface area contributed by atoms with Crippen molar-refractivity contribution in [1.82, 2.24) is 9.29 Å². The van der Waals surface area contributed by atoms with Crippen molar-refractivity contribution in [1.29, 1.82) is 5.26 Å². The highest BCUT2D eigenvalue weighted by Gasteiger charge is 2.24. The minimum absolute atomic E-state index is 0.198. The number of hydrogen-bond acceptors (Lipinski definition) is 6. The van der Waals surface area contributed by atoms with E-state index in [0.29, 0.717) is 23.3 Å². The van der Waals surface area contributed by atoms with E-state index >= 15 is 0 Å². The minimum Gasteiger partial charge on any atom is -0.419 e. The fourth-order valence-corrected chi connectivity index (χ4v) is 3.82. The number of benzene rings is 1. The summed E-state index contributed by atoms with van der Waals surface area (Å²) in [7, 11) is -0.507. The van der Waals surface area contributed by atoms with Crippen molar-refractivity contribution >= 4 is 15.9 Å². The number of aromatic nitrogens is 1. The Morgan fingerprint density at radius 3 is 2.38 bits per heavy atom. The van der Waals surface area contributed by atoms with Crippen molar-refractivity contribution in [2.45, 2.75) is 24.7 Å².